The molecule has 1 aromatic rings. The Morgan fingerprint density at radius 1 is 1.37 bits per heavy atom. The highest BCUT2D eigenvalue weighted by atomic mass is 19.4. The normalized spacial score (nSPS) is 16.5. The molecule has 5 nitrogen and oxygen atoms in total. The lowest BCUT2D eigenvalue weighted by atomic mass is 10.2. The number of nitrogens with zero attached hydrogens (tertiary/aromatic N) is 3. The van der Waals surface area contributed by atoms with Gasteiger partial charge in [-0.25, -0.2) is 9.97 Å². The van der Waals surface area contributed by atoms with Gasteiger partial charge in [0.15, 0.2) is 5.69 Å². The van der Waals surface area contributed by atoms with Crippen molar-refractivity contribution in [1.29, 1.82) is 0 Å². The van der Waals surface area contributed by atoms with Crippen LogP contribution in [0.3, 0.4) is 0 Å². The molecule has 0 aliphatic carbocycles. The first-order valence-electron chi connectivity index (χ1n) is 5.67. The molecule has 0 aromatic carbocycles. The lowest BCUT2D eigenvalue weighted by Gasteiger charge is -2.27. The van der Waals surface area contributed by atoms with Crippen molar-refractivity contribution in [2.24, 2.45) is 0 Å². The molecule has 0 unspecified atom stereocenters. The molecule has 2 heterocycles. The molecule has 1 aromatic heterocycles. The zero-order valence-electron chi connectivity index (χ0n) is 10.2. The van der Waals surface area contributed by atoms with Gasteiger partial charge in [0.25, 0.3) is 5.91 Å². The van der Waals surface area contributed by atoms with Crippen LogP contribution >= 0.6 is 0 Å². The summed E-state index contributed by atoms with van der Waals surface area (Å²) in [5, 5.41) is 0. The van der Waals surface area contributed by atoms with Gasteiger partial charge in [-0.2, -0.15) is 13.2 Å². The Balaban J connectivity index is 2.35. The van der Waals surface area contributed by atoms with E-state index in [1.54, 1.807) is 0 Å². The van der Waals surface area contributed by atoms with Crippen LogP contribution < -0.4 is 0 Å². The van der Waals surface area contributed by atoms with Crippen LogP contribution in [0.1, 0.15) is 21.9 Å². The number of carbonyl (C=O) groups is 1. The molecular weight excluding hydrogens is 263 g/mol. The van der Waals surface area contributed by atoms with E-state index in [0.29, 0.717) is 13.2 Å². The van der Waals surface area contributed by atoms with Gasteiger partial charge in [-0.05, 0) is 6.92 Å². The summed E-state index contributed by atoms with van der Waals surface area (Å²) in [7, 11) is 0. The van der Waals surface area contributed by atoms with Gasteiger partial charge in [0, 0.05) is 19.3 Å². The second-order valence-corrected chi connectivity index (χ2v) is 4.08. The first-order chi connectivity index (χ1) is 8.89. The van der Waals surface area contributed by atoms with Gasteiger partial charge in [0.2, 0.25) is 0 Å². The van der Waals surface area contributed by atoms with E-state index in [0.717, 1.165) is 6.20 Å². The molecule has 0 bridgehead atoms. The van der Waals surface area contributed by atoms with Crippen LogP contribution in [0.2, 0.25) is 0 Å². The molecule has 1 amide bonds. The second kappa shape index (κ2) is 5.12. The fraction of sp³-hybridized carbons (Fsp3) is 0.545. The number of rotatable bonds is 1. The number of morpholine rings is 1. The number of carbonyl (C=O) groups excluding carboxylic acids is 1. The molecule has 8 heteroatoms. The molecule has 1 aliphatic heterocycles. The highest BCUT2D eigenvalue weighted by Crippen LogP contribution is 2.30. The molecule has 1 saturated heterocycles. The van der Waals surface area contributed by atoms with Crippen molar-refractivity contribution in [3.63, 3.8) is 0 Å². The molecule has 104 valence electrons. The molecule has 0 saturated carbocycles. The van der Waals surface area contributed by atoms with Gasteiger partial charge >= 0.3 is 6.18 Å². The third kappa shape index (κ3) is 3.01. The molecule has 0 spiro atoms. The topological polar surface area (TPSA) is 55.3 Å². The Hall–Kier alpha value is -1.70. The van der Waals surface area contributed by atoms with Crippen LogP contribution in [0.25, 0.3) is 0 Å². The maximum atomic E-state index is 12.9. The van der Waals surface area contributed by atoms with Crippen LogP contribution in [0.5, 0.6) is 0 Å². The highest BCUT2D eigenvalue weighted by molar-refractivity contribution is 5.95. The lowest BCUT2D eigenvalue weighted by Crippen LogP contribution is -2.41. The first kappa shape index (κ1) is 13.7. The summed E-state index contributed by atoms with van der Waals surface area (Å²) in [5.41, 5.74) is -1.70. The summed E-state index contributed by atoms with van der Waals surface area (Å²) >= 11 is 0. The van der Waals surface area contributed by atoms with Crippen molar-refractivity contribution in [3.8, 4) is 0 Å². The summed E-state index contributed by atoms with van der Waals surface area (Å²) in [6.45, 7) is 2.52. The van der Waals surface area contributed by atoms with Gasteiger partial charge < -0.3 is 9.64 Å². The molecule has 0 radical (unpaired) electrons. The molecule has 0 atom stereocenters. The maximum absolute atomic E-state index is 12.9. The van der Waals surface area contributed by atoms with Crippen molar-refractivity contribution in [2.45, 2.75) is 13.1 Å². The molecule has 1 aliphatic rings. The average molecular weight is 275 g/mol. The lowest BCUT2D eigenvalue weighted by molar-refractivity contribution is -0.141. The summed E-state index contributed by atoms with van der Waals surface area (Å²) in [5.74, 6) is -0.735. The van der Waals surface area contributed by atoms with Crippen LogP contribution in [0, 0.1) is 6.92 Å². The Labute approximate surface area is 107 Å². The fourth-order valence-electron chi connectivity index (χ4n) is 1.78. The van der Waals surface area contributed by atoms with E-state index < -0.39 is 23.3 Å². The number of ether oxygens (including phenoxy) is 1. The second-order valence-electron chi connectivity index (χ2n) is 4.08. The Kier molecular flexibility index (Phi) is 3.70. The predicted molar refractivity (Wildman–Crippen MR) is 58.5 cm³/mol. The molecule has 0 N–H and O–H groups in total. The quantitative estimate of drug-likeness (QED) is 0.774. The third-order valence-corrected chi connectivity index (χ3v) is 2.71. The number of alkyl halides is 3. The van der Waals surface area contributed by atoms with Crippen LogP contribution in [-0.2, 0) is 10.9 Å². The minimum absolute atomic E-state index is 0.0224. The Morgan fingerprint density at radius 3 is 2.58 bits per heavy atom. The largest absolute Gasteiger partial charge is 0.434 e. The zero-order chi connectivity index (χ0) is 14.0. The summed E-state index contributed by atoms with van der Waals surface area (Å²) in [6.07, 6.45) is -3.74. The SMILES string of the molecule is Cc1ncc(C(=O)N2CCOCC2)c(C(F)(F)F)n1. The molecule has 19 heavy (non-hydrogen) atoms. The Morgan fingerprint density at radius 2 is 2.00 bits per heavy atom. The van der Waals surface area contributed by atoms with E-state index in [4.69, 9.17) is 4.74 Å². The average Bonchev–Trinajstić information content (AvgIpc) is 2.38. The van der Waals surface area contributed by atoms with Gasteiger partial charge in [-0.15, -0.1) is 0 Å². The van der Waals surface area contributed by atoms with E-state index in [-0.39, 0.29) is 18.9 Å². The maximum Gasteiger partial charge on any atom is 0.434 e. The van der Waals surface area contributed by atoms with Gasteiger partial charge in [0.05, 0.1) is 18.8 Å². The number of aryl methyl sites for hydroxylation is 1. The summed E-state index contributed by atoms with van der Waals surface area (Å²) < 4.78 is 43.7. The number of hydrogen-bond donors (Lipinski definition) is 0. The summed E-state index contributed by atoms with van der Waals surface area (Å²) in [6, 6.07) is 0. The third-order valence-electron chi connectivity index (χ3n) is 2.71. The smallest absolute Gasteiger partial charge is 0.378 e. The standard InChI is InChI=1S/C11H12F3N3O2/c1-7-15-6-8(9(16-7)11(12,13)14)10(18)17-2-4-19-5-3-17/h6H,2-5H2,1H3. The minimum atomic E-state index is -4.68. The van der Waals surface area contributed by atoms with E-state index >= 15 is 0 Å². The minimum Gasteiger partial charge on any atom is -0.378 e. The van der Waals surface area contributed by atoms with Crippen LogP contribution in [-0.4, -0.2) is 47.1 Å². The van der Waals surface area contributed by atoms with Crippen molar-refractivity contribution < 1.29 is 22.7 Å². The van der Waals surface area contributed by atoms with Gasteiger partial charge in [-0.3, -0.25) is 4.79 Å². The monoisotopic (exact) mass is 275 g/mol. The van der Waals surface area contributed by atoms with E-state index in [9.17, 15) is 18.0 Å². The molecular formula is C11H12F3N3O2. The number of hydrogen-bond acceptors (Lipinski definition) is 4. The van der Waals surface area contributed by atoms with E-state index in [1.165, 1.54) is 11.8 Å². The summed E-state index contributed by atoms with van der Waals surface area (Å²) in [4.78, 5) is 20.4. The van der Waals surface area contributed by atoms with Crippen molar-refractivity contribution in [2.75, 3.05) is 26.3 Å². The number of halogens is 3. The number of aromatic nitrogens is 2. The fourth-order valence-corrected chi connectivity index (χ4v) is 1.78. The van der Waals surface area contributed by atoms with Gasteiger partial charge in [0.1, 0.15) is 5.82 Å². The van der Waals surface area contributed by atoms with Crippen molar-refractivity contribution >= 4 is 5.91 Å². The van der Waals surface area contributed by atoms with Crippen LogP contribution in [0.4, 0.5) is 13.2 Å². The molecule has 1 fully saturated rings. The van der Waals surface area contributed by atoms with Gasteiger partial charge in [-0.1, -0.05) is 0 Å². The zero-order valence-corrected chi connectivity index (χ0v) is 10.2. The highest BCUT2D eigenvalue weighted by Gasteiger charge is 2.38. The van der Waals surface area contributed by atoms with E-state index in [2.05, 4.69) is 9.97 Å². The van der Waals surface area contributed by atoms with Crippen LogP contribution in [0.15, 0.2) is 6.20 Å². The van der Waals surface area contributed by atoms with Crippen molar-refractivity contribution in [3.05, 3.63) is 23.3 Å². The van der Waals surface area contributed by atoms with Crippen molar-refractivity contribution in [1.82, 2.24) is 14.9 Å². The first-order valence-corrected chi connectivity index (χ1v) is 5.67. The predicted octanol–water partition coefficient (Wildman–Crippen LogP) is 1.28. The van der Waals surface area contributed by atoms with E-state index in [1.807, 2.05) is 0 Å². The molecule has 2 rings (SSSR count). The number of amides is 1. The Bertz CT molecular complexity index is 485.